The van der Waals surface area contributed by atoms with Crippen molar-refractivity contribution in [2.24, 2.45) is 5.73 Å². The molecule has 0 amide bonds. The molecule has 0 atom stereocenters. The van der Waals surface area contributed by atoms with E-state index < -0.39 is 0 Å². The zero-order chi connectivity index (χ0) is 9.97. The van der Waals surface area contributed by atoms with Crippen LogP contribution in [0.5, 0.6) is 5.75 Å². The van der Waals surface area contributed by atoms with Crippen molar-refractivity contribution in [3.8, 4) is 5.75 Å². The van der Waals surface area contributed by atoms with Crippen molar-refractivity contribution in [2.45, 2.75) is 18.9 Å². The lowest BCUT2D eigenvalue weighted by molar-refractivity contribution is 0.457. The fourth-order valence-electron chi connectivity index (χ4n) is 1.74. The Hall–Kier alpha value is -1.00. The summed E-state index contributed by atoms with van der Waals surface area (Å²) in [5.74, 6) is 0.933. The number of halogens is 1. The van der Waals surface area contributed by atoms with Crippen LogP contribution in [0.1, 0.15) is 12.8 Å². The summed E-state index contributed by atoms with van der Waals surface area (Å²) in [4.78, 5) is 6.24. The van der Waals surface area contributed by atoms with Crippen LogP contribution in [0.4, 0.5) is 5.82 Å². The second-order valence-electron chi connectivity index (χ2n) is 3.67. The number of nitrogens with two attached hydrogens (primary N) is 1. The Kier molecular flexibility index (Phi) is 4.17. The summed E-state index contributed by atoms with van der Waals surface area (Å²) in [6, 6.07) is 3.70. The van der Waals surface area contributed by atoms with Crippen LogP contribution in [0.2, 0.25) is 0 Å². The van der Waals surface area contributed by atoms with Crippen LogP contribution in [-0.4, -0.2) is 29.2 Å². The van der Waals surface area contributed by atoms with E-state index in [9.17, 15) is 5.11 Å². The molecule has 2 heterocycles. The number of aromatic hydroxyl groups is 1. The monoisotopic (exact) mass is 229 g/mol. The Morgan fingerprint density at radius 2 is 2.07 bits per heavy atom. The third kappa shape index (κ3) is 2.73. The van der Waals surface area contributed by atoms with Crippen LogP contribution in [0.3, 0.4) is 0 Å². The van der Waals surface area contributed by atoms with Crippen molar-refractivity contribution >= 4 is 18.2 Å². The second kappa shape index (κ2) is 5.19. The number of piperidine rings is 1. The van der Waals surface area contributed by atoms with Crippen LogP contribution in [0.25, 0.3) is 0 Å². The molecule has 0 spiro atoms. The molecule has 1 aromatic rings. The van der Waals surface area contributed by atoms with Crippen molar-refractivity contribution in [3.05, 3.63) is 18.3 Å². The maximum Gasteiger partial charge on any atom is 0.171 e. The summed E-state index contributed by atoms with van der Waals surface area (Å²) < 4.78 is 0. The molecule has 0 radical (unpaired) electrons. The van der Waals surface area contributed by atoms with E-state index in [-0.39, 0.29) is 18.2 Å². The molecule has 0 aliphatic carbocycles. The van der Waals surface area contributed by atoms with E-state index in [1.54, 1.807) is 18.3 Å². The van der Waals surface area contributed by atoms with Crippen LogP contribution >= 0.6 is 12.4 Å². The molecule has 0 saturated carbocycles. The molecule has 0 aromatic carbocycles. The van der Waals surface area contributed by atoms with Gasteiger partial charge >= 0.3 is 0 Å². The van der Waals surface area contributed by atoms with Gasteiger partial charge in [-0.1, -0.05) is 0 Å². The van der Waals surface area contributed by atoms with Gasteiger partial charge in [-0.3, -0.25) is 0 Å². The lowest BCUT2D eigenvalue weighted by Crippen LogP contribution is -2.40. The summed E-state index contributed by atoms with van der Waals surface area (Å²) in [5, 5.41) is 9.59. The number of hydrogen-bond donors (Lipinski definition) is 2. The molecule has 4 nitrogen and oxygen atoms in total. The summed E-state index contributed by atoms with van der Waals surface area (Å²) in [5.41, 5.74) is 5.80. The highest BCUT2D eigenvalue weighted by Crippen LogP contribution is 2.25. The molecule has 0 bridgehead atoms. The predicted molar refractivity (Wildman–Crippen MR) is 62.6 cm³/mol. The first-order valence-corrected chi connectivity index (χ1v) is 4.92. The Balaban J connectivity index is 0.00000112. The fourth-order valence-corrected chi connectivity index (χ4v) is 1.74. The van der Waals surface area contributed by atoms with Gasteiger partial charge < -0.3 is 15.7 Å². The van der Waals surface area contributed by atoms with Gasteiger partial charge in [0.1, 0.15) is 0 Å². The predicted octanol–water partition coefficient (Wildman–Crippen LogP) is 1.14. The van der Waals surface area contributed by atoms with E-state index in [1.807, 2.05) is 0 Å². The maximum absolute atomic E-state index is 9.59. The van der Waals surface area contributed by atoms with E-state index >= 15 is 0 Å². The zero-order valence-corrected chi connectivity index (χ0v) is 9.28. The molecular formula is C10H16ClN3O. The van der Waals surface area contributed by atoms with Crippen LogP contribution in [0.15, 0.2) is 18.3 Å². The van der Waals surface area contributed by atoms with Gasteiger partial charge in [-0.05, 0) is 25.0 Å². The Morgan fingerprint density at radius 1 is 1.40 bits per heavy atom. The Morgan fingerprint density at radius 3 is 2.67 bits per heavy atom. The third-order valence-electron chi connectivity index (χ3n) is 2.61. The summed E-state index contributed by atoms with van der Waals surface area (Å²) in [6.07, 6.45) is 3.63. The van der Waals surface area contributed by atoms with E-state index in [1.165, 1.54) is 0 Å². The number of pyridine rings is 1. The number of rotatable bonds is 1. The fraction of sp³-hybridized carbons (Fsp3) is 0.500. The molecule has 0 unspecified atom stereocenters. The number of anilines is 1. The molecule has 84 valence electrons. The summed E-state index contributed by atoms with van der Waals surface area (Å²) >= 11 is 0. The molecular weight excluding hydrogens is 214 g/mol. The SMILES string of the molecule is Cl.NC1CCN(c2ncccc2O)CC1. The molecule has 2 rings (SSSR count). The maximum atomic E-state index is 9.59. The van der Waals surface area contributed by atoms with Crippen LogP contribution < -0.4 is 10.6 Å². The van der Waals surface area contributed by atoms with Crippen molar-refractivity contribution in [3.63, 3.8) is 0 Å². The van der Waals surface area contributed by atoms with Crippen molar-refractivity contribution in [1.82, 2.24) is 4.98 Å². The van der Waals surface area contributed by atoms with Gasteiger partial charge in [-0.2, -0.15) is 0 Å². The quantitative estimate of drug-likeness (QED) is 0.758. The van der Waals surface area contributed by atoms with Gasteiger partial charge in [0.2, 0.25) is 0 Å². The molecule has 5 heteroatoms. The normalized spacial score (nSPS) is 17.3. The highest BCUT2D eigenvalue weighted by molar-refractivity contribution is 5.85. The van der Waals surface area contributed by atoms with E-state index in [0.29, 0.717) is 11.9 Å². The van der Waals surface area contributed by atoms with E-state index in [0.717, 1.165) is 25.9 Å². The Labute approximate surface area is 95.5 Å². The minimum atomic E-state index is 0. The molecule has 1 aliphatic heterocycles. The first-order chi connectivity index (χ1) is 6.77. The topological polar surface area (TPSA) is 62.4 Å². The number of hydrogen-bond acceptors (Lipinski definition) is 4. The average Bonchev–Trinajstić information content (AvgIpc) is 2.20. The molecule has 1 aliphatic rings. The first-order valence-electron chi connectivity index (χ1n) is 4.92. The summed E-state index contributed by atoms with van der Waals surface area (Å²) in [6.45, 7) is 1.76. The van der Waals surface area contributed by atoms with Gasteiger partial charge in [0, 0.05) is 25.3 Å². The minimum absolute atomic E-state index is 0. The van der Waals surface area contributed by atoms with Crippen LogP contribution in [0, 0.1) is 0 Å². The largest absolute Gasteiger partial charge is 0.504 e. The van der Waals surface area contributed by atoms with Crippen molar-refractivity contribution in [2.75, 3.05) is 18.0 Å². The minimum Gasteiger partial charge on any atom is -0.504 e. The molecule has 3 N–H and O–H groups in total. The van der Waals surface area contributed by atoms with E-state index in [2.05, 4.69) is 9.88 Å². The molecule has 1 fully saturated rings. The van der Waals surface area contributed by atoms with Crippen LogP contribution in [-0.2, 0) is 0 Å². The number of nitrogens with zero attached hydrogens (tertiary/aromatic N) is 2. The lowest BCUT2D eigenvalue weighted by Gasteiger charge is -2.31. The highest BCUT2D eigenvalue weighted by Gasteiger charge is 2.18. The van der Waals surface area contributed by atoms with E-state index in [4.69, 9.17) is 5.73 Å². The Bertz CT molecular complexity index is 313. The van der Waals surface area contributed by atoms with Crippen molar-refractivity contribution in [1.29, 1.82) is 0 Å². The first kappa shape index (κ1) is 12.1. The van der Waals surface area contributed by atoms with Gasteiger partial charge in [0.25, 0.3) is 0 Å². The molecule has 15 heavy (non-hydrogen) atoms. The average molecular weight is 230 g/mol. The van der Waals surface area contributed by atoms with Crippen molar-refractivity contribution < 1.29 is 5.11 Å². The third-order valence-corrected chi connectivity index (χ3v) is 2.61. The van der Waals surface area contributed by atoms with Gasteiger partial charge in [-0.25, -0.2) is 4.98 Å². The highest BCUT2D eigenvalue weighted by atomic mass is 35.5. The van der Waals surface area contributed by atoms with Gasteiger partial charge in [0.15, 0.2) is 11.6 Å². The summed E-state index contributed by atoms with van der Waals surface area (Å²) in [7, 11) is 0. The molecule has 1 saturated heterocycles. The smallest absolute Gasteiger partial charge is 0.171 e. The second-order valence-corrected chi connectivity index (χ2v) is 3.67. The van der Waals surface area contributed by atoms with Gasteiger partial charge in [0.05, 0.1) is 0 Å². The molecule has 1 aromatic heterocycles. The standard InChI is InChI=1S/C10H15N3O.ClH/c11-8-3-6-13(7-4-8)10-9(14)2-1-5-12-10;/h1-2,5,8,14H,3-4,6-7,11H2;1H. The van der Waals surface area contributed by atoms with Gasteiger partial charge in [-0.15, -0.1) is 12.4 Å². The zero-order valence-electron chi connectivity index (χ0n) is 8.47. The number of aromatic nitrogens is 1. The lowest BCUT2D eigenvalue weighted by atomic mass is 10.1.